The molecule has 0 aliphatic carbocycles. The van der Waals surface area contributed by atoms with Crippen LogP contribution in [0.15, 0.2) is 36.4 Å². The number of hydrogen-bond donors (Lipinski definition) is 1. The van der Waals surface area contributed by atoms with Gasteiger partial charge in [0.05, 0.1) is 13.7 Å². The molecule has 1 aliphatic heterocycles. The van der Waals surface area contributed by atoms with Crippen LogP contribution in [0.4, 0.5) is 13.6 Å². The van der Waals surface area contributed by atoms with E-state index >= 15 is 0 Å². The first-order chi connectivity index (χ1) is 12.3. The van der Waals surface area contributed by atoms with Gasteiger partial charge in [0, 0.05) is 10.6 Å². The number of imide groups is 1. The van der Waals surface area contributed by atoms with E-state index in [2.05, 4.69) is 5.32 Å². The molecule has 136 valence electrons. The molecule has 2 aromatic carbocycles. The summed E-state index contributed by atoms with van der Waals surface area (Å²) in [5, 5.41) is 2.60. The van der Waals surface area contributed by atoms with Gasteiger partial charge in [-0.2, -0.15) is 0 Å². The highest BCUT2D eigenvalue weighted by molar-refractivity contribution is 6.32. The van der Waals surface area contributed by atoms with Crippen molar-refractivity contribution in [3.8, 4) is 5.75 Å². The molecule has 3 rings (SSSR count). The average molecular weight is 381 g/mol. The first kappa shape index (κ1) is 18.1. The highest BCUT2D eigenvalue weighted by Crippen LogP contribution is 2.34. The maximum atomic E-state index is 13.8. The van der Waals surface area contributed by atoms with Gasteiger partial charge in [-0.25, -0.2) is 13.6 Å². The van der Waals surface area contributed by atoms with Crippen LogP contribution in [0.1, 0.15) is 18.1 Å². The lowest BCUT2D eigenvalue weighted by Crippen LogP contribution is -2.41. The first-order valence-electron chi connectivity index (χ1n) is 7.68. The van der Waals surface area contributed by atoms with Gasteiger partial charge in [0.15, 0.2) is 11.6 Å². The molecule has 0 bridgehead atoms. The van der Waals surface area contributed by atoms with Crippen LogP contribution in [0.25, 0.3) is 0 Å². The Morgan fingerprint density at radius 3 is 2.54 bits per heavy atom. The predicted molar refractivity (Wildman–Crippen MR) is 90.8 cm³/mol. The molecule has 0 saturated carbocycles. The summed E-state index contributed by atoms with van der Waals surface area (Å²) in [6.45, 7) is 1.36. The Kier molecular flexibility index (Phi) is 4.58. The fourth-order valence-corrected chi connectivity index (χ4v) is 3.27. The smallest absolute Gasteiger partial charge is 0.325 e. The number of methoxy groups -OCH3 is 1. The van der Waals surface area contributed by atoms with Crippen LogP contribution in [-0.4, -0.2) is 23.9 Å². The Morgan fingerprint density at radius 2 is 1.92 bits per heavy atom. The molecule has 1 aliphatic rings. The second-order valence-corrected chi connectivity index (χ2v) is 6.45. The number of carbonyl (C=O) groups is 2. The van der Waals surface area contributed by atoms with E-state index in [1.165, 1.54) is 32.2 Å². The number of amides is 3. The topological polar surface area (TPSA) is 58.6 Å². The maximum absolute atomic E-state index is 13.8. The summed E-state index contributed by atoms with van der Waals surface area (Å²) < 4.78 is 32.0. The molecule has 0 spiro atoms. The van der Waals surface area contributed by atoms with Gasteiger partial charge in [-0.05, 0) is 36.8 Å². The summed E-state index contributed by atoms with van der Waals surface area (Å²) in [5.74, 6) is -1.65. The van der Waals surface area contributed by atoms with E-state index in [4.69, 9.17) is 16.3 Å². The van der Waals surface area contributed by atoms with Gasteiger partial charge in [-0.15, -0.1) is 0 Å². The molecule has 2 aromatic rings. The van der Waals surface area contributed by atoms with Crippen molar-refractivity contribution in [3.05, 3.63) is 64.2 Å². The molecule has 1 unspecified atom stereocenters. The summed E-state index contributed by atoms with van der Waals surface area (Å²) in [6.07, 6.45) is 0. The Labute approximate surface area is 153 Å². The van der Waals surface area contributed by atoms with E-state index in [9.17, 15) is 18.4 Å². The maximum Gasteiger partial charge on any atom is 0.325 e. The van der Waals surface area contributed by atoms with E-state index in [-0.39, 0.29) is 22.9 Å². The Bertz CT molecular complexity index is 906. The predicted octanol–water partition coefficient (Wildman–Crippen LogP) is 3.59. The van der Waals surface area contributed by atoms with E-state index < -0.39 is 29.1 Å². The molecule has 0 aromatic heterocycles. The number of urea groups is 1. The molecule has 3 amide bonds. The number of benzene rings is 2. The van der Waals surface area contributed by atoms with Crippen molar-refractivity contribution in [2.45, 2.75) is 19.0 Å². The number of ether oxygens (including phenoxy) is 1. The molecule has 0 radical (unpaired) electrons. The molecule has 5 nitrogen and oxygen atoms in total. The summed E-state index contributed by atoms with van der Waals surface area (Å²) in [4.78, 5) is 26.1. The van der Waals surface area contributed by atoms with Crippen LogP contribution in [0, 0.1) is 11.6 Å². The van der Waals surface area contributed by atoms with E-state index in [0.717, 1.165) is 17.0 Å². The van der Waals surface area contributed by atoms with Crippen molar-refractivity contribution in [3.63, 3.8) is 0 Å². The van der Waals surface area contributed by atoms with Gasteiger partial charge in [0.25, 0.3) is 5.91 Å². The van der Waals surface area contributed by atoms with E-state index in [1.54, 1.807) is 6.07 Å². The summed E-state index contributed by atoms with van der Waals surface area (Å²) >= 11 is 6.05. The van der Waals surface area contributed by atoms with Crippen LogP contribution >= 0.6 is 11.6 Å². The van der Waals surface area contributed by atoms with Crippen LogP contribution in [0.2, 0.25) is 5.02 Å². The monoisotopic (exact) mass is 380 g/mol. The zero-order valence-electron chi connectivity index (χ0n) is 14.0. The lowest BCUT2D eigenvalue weighted by molar-refractivity contribution is -0.131. The Balaban J connectivity index is 1.90. The van der Waals surface area contributed by atoms with E-state index in [1.807, 2.05) is 0 Å². The third-order valence-electron chi connectivity index (χ3n) is 4.30. The fourth-order valence-electron chi connectivity index (χ4n) is 2.91. The number of hydrogen-bond acceptors (Lipinski definition) is 3. The Morgan fingerprint density at radius 1 is 1.19 bits per heavy atom. The van der Waals surface area contributed by atoms with Crippen LogP contribution < -0.4 is 10.1 Å². The summed E-state index contributed by atoms with van der Waals surface area (Å²) in [5.41, 5.74) is -0.740. The second kappa shape index (κ2) is 6.57. The quantitative estimate of drug-likeness (QED) is 0.824. The van der Waals surface area contributed by atoms with Gasteiger partial charge in [-0.1, -0.05) is 23.7 Å². The SMILES string of the molecule is COc1ccc(CN2C(=O)NC(C)(c3ccc(F)cc3Cl)C2=O)cc1F. The molecule has 8 heteroatoms. The number of nitrogens with one attached hydrogen (secondary N) is 1. The third kappa shape index (κ3) is 2.99. The van der Waals surface area contributed by atoms with Crippen molar-refractivity contribution in [2.75, 3.05) is 7.11 Å². The minimum Gasteiger partial charge on any atom is -0.494 e. The van der Waals surface area contributed by atoms with Crippen LogP contribution in [0.3, 0.4) is 0 Å². The molecule has 1 saturated heterocycles. The standard InChI is InChI=1S/C18H15ClF2N2O3/c1-18(12-5-4-11(20)8-13(12)19)16(24)23(17(25)22-18)9-10-3-6-15(26-2)14(21)7-10/h3-8H,9H2,1-2H3,(H,22,25). The lowest BCUT2D eigenvalue weighted by atomic mass is 9.92. The Hall–Kier alpha value is -2.67. The molecular formula is C18H15ClF2N2O3. The zero-order valence-corrected chi connectivity index (χ0v) is 14.7. The average Bonchev–Trinajstić information content (AvgIpc) is 2.79. The third-order valence-corrected chi connectivity index (χ3v) is 4.61. The van der Waals surface area contributed by atoms with Crippen molar-refractivity contribution < 1.29 is 23.1 Å². The minimum atomic E-state index is -1.44. The number of nitrogens with zero attached hydrogens (tertiary/aromatic N) is 1. The fraction of sp³-hybridized carbons (Fsp3) is 0.222. The van der Waals surface area contributed by atoms with Crippen molar-refractivity contribution in [2.24, 2.45) is 0 Å². The largest absolute Gasteiger partial charge is 0.494 e. The second-order valence-electron chi connectivity index (χ2n) is 6.04. The van der Waals surface area contributed by atoms with Gasteiger partial charge < -0.3 is 10.1 Å². The molecule has 1 fully saturated rings. The first-order valence-corrected chi connectivity index (χ1v) is 8.06. The summed E-state index contributed by atoms with van der Waals surface area (Å²) in [7, 11) is 1.34. The van der Waals surface area contributed by atoms with Crippen molar-refractivity contribution in [1.29, 1.82) is 0 Å². The molecule has 1 heterocycles. The number of rotatable bonds is 4. The zero-order chi connectivity index (χ0) is 19.1. The van der Waals surface area contributed by atoms with Gasteiger partial charge in [0.2, 0.25) is 0 Å². The highest BCUT2D eigenvalue weighted by Gasteiger charge is 2.49. The van der Waals surface area contributed by atoms with E-state index in [0.29, 0.717) is 5.56 Å². The highest BCUT2D eigenvalue weighted by atomic mass is 35.5. The van der Waals surface area contributed by atoms with Crippen molar-refractivity contribution in [1.82, 2.24) is 10.2 Å². The lowest BCUT2D eigenvalue weighted by Gasteiger charge is -2.23. The molecular weight excluding hydrogens is 366 g/mol. The van der Waals surface area contributed by atoms with Gasteiger partial charge in [-0.3, -0.25) is 9.69 Å². The summed E-state index contributed by atoms with van der Waals surface area (Å²) in [6, 6.07) is 7.11. The molecule has 1 atom stereocenters. The van der Waals surface area contributed by atoms with Gasteiger partial charge in [0.1, 0.15) is 11.4 Å². The minimum absolute atomic E-state index is 0.0264. The van der Waals surface area contributed by atoms with Gasteiger partial charge >= 0.3 is 6.03 Å². The van der Waals surface area contributed by atoms with Crippen molar-refractivity contribution >= 4 is 23.5 Å². The molecule has 26 heavy (non-hydrogen) atoms. The molecule has 1 N–H and O–H groups in total. The normalized spacial score (nSPS) is 19.7. The number of carbonyl (C=O) groups excluding carboxylic acids is 2. The van der Waals surface area contributed by atoms with Crippen LogP contribution in [0.5, 0.6) is 5.75 Å². The van der Waals surface area contributed by atoms with Crippen LogP contribution in [-0.2, 0) is 16.9 Å². The number of halogens is 3.